The van der Waals surface area contributed by atoms with Crippen molar-refractivity contribution in [1.82, 2.24) is 14.9 Å². The van der Waals surface area contributed by atoms with Crippen LogP contribution in [0.3, 0.4) is 0 Å². The first kappa shape index (κ1) is 20.8. The van der Waals surface area contributed by atoms with Crippen molar-refractivity contribution in [2.24, 2.45) is 7.05 Å². The third-order valence-electron chi connectivity index (χ3n) is 4.38. The van der Waals surface area contributed by atoms with Gasteiger partial charge in [0, 0.05) is 30.3 Å². The van der Waals surface area contributed by atoms with Crippen LogP contribution in [0.1, 0.15) is 31.9 Å². The average Bonchev–Trinajstić information content (AvgIpc) is 3.21. The molecule has 9 heteroatoms. The maximum absolute atomic E-state index is 12.7. The second-order valence-electron chi connectivity index (χ2n) is 6.43. The lowest BCUT2D eigenvalue weighted by Crippen LogP contribution is -2.22. The van der Waals surface area contributed by atoms with Gasteiger partial charge in [0.05, 0.1) is 16.0 Å². The van der Waals surface area contributed by atoms with Gasteiger partial charge in [-0.15, -0.1) is 22.7 Å². The lowest BCUT2D eigenvalue weighted by Gasteiger charge is -2.06. The van der Waals surface area contributed by atoms with Crippen molar-refractivity contribution in [3.05, 3.63) is 42.7 Å². The molecule has 0 bridgehead atoms. The zero-order valence-corrected chi connectivity index (χ0v) is 18.6. The Morgan fingerprint density at radius 2 is 2.00 bits per heavy atom. The molecule has 28 heavy (non-hydrogen) atoms. The summed E-state index contributed by atoms with van der Waals surface area (Å²) in [6.07, 6.45) is 0.703. The molecule has 148 valence electrons. The highest BCUT2D eigenvalue weighted by Crippen LogP contribution is 2.28. The molecule has 3 rings (SSSR count). The minimum atomic E-state index is -0.0711. The van der Waals surface area contributed by atoms with Gasteiger partial charge in [0.2, 0.25) is 5.91 Å². The van der Waals surface area contributed by atoms with E-state index in [2.05, 4.69) is 10.3 Å². The van der Waals surface area contributed by atoms with E-state index >= 15 is 0 Å². The summed E-state index contributed by atoms with van der Waals surface area (Å²) < 4.78 is 1.52. The average molecular weight is 436 g/mol. The van der Waals surface area contributed by atoms with E-state index in [4.69, 9.17) is 0 Å². The number of fused-ring (bicyclic) bond motifs is 1. The Balaban J connectivity index is 1.70. The lowest BCUT2D eigenvalue weighted by atomic mass is 10.2. The minimum Gasteiger partial charge on any atom is -0.356 e. The van der Waals surface area contributed by atoms with Crippen LogP contribution in [0.25, 0.3) is 10.2 Å². The van der Waals surface area contributed by atoms with Crippen LogP contribution in [0.5, 0.6) is 0 Å². The van der Waals surface area contributed by atoms with Gasteiger partial charge < -0.3 is 5.32 Å². The van der Waals surface area contributed by atoms with Crippen molar-refractivity contribution in [2.45, 2.75) is 32.3 Å². The molecule has 3 aromatic heterocycles. The van der Waals surface area contributed by atoms with Crippen molar-refractivity contribution >= 4 is 56.3 Å². The van der Waals surface area contributed by atoms with Crippen molar-refractivity contribution in [3.8, 4) is 0 Å². The molecule has 1 N–H and O–H groups in total. The topological polar surface area (TPSA) is 81.1 Å². The zero-order chi connectivity index (χ0) is 20.4. The minimum absolute atomic E-state index is 0.00802. The summed E-state index contributed by atoms with van der Waals surface area (Å²) in [5.74, 6) is 0.171. The molecule has 0 unspecified atom stereocenters. The Hall–Kier alpha value is -1.97. The van der Waals surface area contributed by atoms with Gasteiger partial charge in [0.1, 0.15) is 4.83 Å². The van der Waals surface area contributed by atoms with E-state index in [1.54, 1.807) is 7.05 Å². The van der Waals surface area contributed by atoms with Crippen LogP contribution in [0.15, 0.2) is 22.1 Å². The van der Waals surface area contributed by atoms with Gasteiger partial charge in [0.15, 0.2) is 10.9 Å². The maximum Gasteiger partial charge on any atom is 0.262 e. The Bertz CT molecular complexity index is 1110. The number of thiophene rings is 2. The van der Waals surface area contributed by atoms with Crippen LogP contribution in [0.4, 0.5) is 0 Å². The Labute approximate surface area is 175 Å². The lowest BCUT2D eigenvalue weighted by molar-refractivity contribution is -0.118. The molecule has 0 fully saturated rings. The number of rotatable bonds is 7. The number of amides is 1. The number of carbonyl (C=O) groups is 2. The molecule has 6 nitrogen and oxygen atoms in total. The molecule has 0 saturated heterocycles. The summed E-state index contributed by atoms with van der Waals surface area (Å²) in [6, 6.07) is 3.74. The zero-order valence-electron chi connectivity index (χ0n) is 16.1. The fourth-order valence-corrected chi connectivity index (χ4v) is 5.67. The van der Waals surface area contributed by atoms with E-state index in [0.717, 1.165) is 20.1 Å². The normalized spacial score (nSPS) is 11.1. The van der Waals surface area contributed by atoms with Gasteiger partial charge in [-0.3, -0.25) is 19.0 Å². The van der Waals surface area contributed by atoms with Crippen LogP contribution in [-0.4, -0.2) is 33.5 Å². The number of hydrogen-bond donors (Lipinski definition) is 1. The molecule has 0 aromatic carbocycles. The summed E-state index contributed by atoms with van der Waals surface area (Å²) >= 11 is 4.23. The maximum atomic E-state index is 12.7. The number of Topliss-reactive ketones (excluding diaryl/α,β-unsaturated/α-hetero) is 1. The molecule has 3 heterocycles. The van der Waals surface area contributed by atoms with Gasteiger partial charge >= 0.3 is 0 Å². The molecule has 0 saturated carbocycles. The molecule has 0 aliphatic heterocycles. The number of thioether (sulfide) groups is 1. The second-order valence-corrected chi connectivity index (χ2v) is 9.75. The number of nitrogens with one attached hydrogen (secondary N) is 1. The Morgan fingerprint density at radius 3 is 2.71 bits per heavy atom. The predicted octanol–water partition coefficient (Wildman–Crippen LogP) is 3.33. The van der Waals surface area contributed by atoms with Gasteiger partial charge in [-0.2, -0.15) is 0 Å². The number of aryl methyl sites for hydroxylation is 2. The third kappa shape index (κ3) is 4.37. The highest BCUT2D eigenvalue weighted by atomic mass is 32.2. The molecular weight excluding hydrogens is 414 g/mol. The summed E-state index contributed by atoms with van der Waals surface area (Å²) in [7, 11) is 1.69. The van der Waals surface area contributed by atoms with Gasteiger partial charge in [-0.25, -0.2) is 4.98 Å². The molecule has 0 radical (unpaired) electrons. The van der Waals surface area contributed by atoms with E-state index in [1.165, 1.54) is 45.9 Å². The highest BCUT2D eigenvalue weighted by Gasteiger charge is 2.17. The van der Waals surface area contributed by atoms with Crippen LogP contribution < -0.4 is 10.9 Å². The number of ketones is 1. The summed E-state index contributed by atoms with van der Waals surface area (Å²) in [5.41, 5.74) is 0.907. The number of aromatic nitrogens is 2. The summed E-state index contributed by atoms with van der Waals surface area (Å²) in [6.45, 7) is 5.97. The first-order valence-corrected chi connectivity index (χ1v) is 11.4. The molecule has 0 aliphatic rings. The molecule has 0 atom stereocenters. The van der Waals surface area contributed by atoms with Crippen molar-refractivity contribution in [1.29, 1.82) is 0 Å². The van der Waals surface area contributed by atoms with Gasteiger partial charge in [-0.05, 0) is 38.0 Å². The first-order chi connectivity index (χ1) is 13.3. The molecule has 3 aromatic rings. The highest BCUT2D eigenvalue weighted by molar-refractivity contribution is 7.99. The van der Waals surface area contributed by atoms with E-state index in [0.29, 0.717) is 28.4 Å². The molecule has 0 spiro atoms. The summed E-state index contributed by atoms with van der Waals surface area (Å²) in [4.78, 5) is 44.3. The van der Waals surface area contributed by atoms with E-state index in [9.17, 15) is 14.4 Å². The smallest absolute Gasteiger partial charge is 0.262 e. The monoisotopic (exact) mass is 435 g/mol. The van der Waals surface area contributed by atoms with E-state index in [-0.39, 0.29) is 23.0 Å². The molecule has 1 amide bonds. The fourth-order valence-electron chi connectivity index (χ4n) is 2.71. The van der Waals surface area contributed by atoms with E-state index in [1.807, 2.05) is 26.0 Å². The predicted molar refractivity (Wildman–Crippen MR) is 116 cm³/mol. The Morgan fingerprint density at radius 1 is 1.25 bits per heavy atom. The SMILES string of the molecule is CC(=O)NCCc1ccc(C(=O)CSc2nc3sc(C)c(C)c3c(=O)n2C)s1. The standard InChI is InChI=1S/C19H21N3O3S3/c1-10-11(2)27-17-16(10)18(25)22(4)19(21-17)26-9-14(24)15-6-5-13(28-15)7-8-20-12(3)23/h5-6H,7-9H2,1-4H3,(H,20,23). The van der Waals surface area contributed by atoms with Gasteiger partial charge in [0.25, 0.3) is 5.56 Å². The van der Waals surface area contributed by atoms with Crippen molar-refractivity contribution in [3.63, 3.8) is 0 Å². The Kier molecular flexibility index (Phi) is 6.36. The summed E-state index contributed by atoms with van der Waals surface area (Å²) in [5, 5.41) is 3.97. The number of hydrogen-bond acceptors (Lipinski definition) is 7. The molecular formula is C19H21N3O3S3. The molecule has 0 aliphatic carbocycles. The second kappa shape index (κ2) is 8.59. The van der Waals surface area contributed by atoms with Gasteiger partial charge in [-0.1, -0.05) is 11.8 Å². The third-order valence-corrected chi connectivity index (χ3v) is 7.70. The van der Waals surface area contributed by atoms with Crippen LogP contribution >= 0.6 is 34.4 Å². The van der Waals surface area contributed by atoms with Crippen LogP contribution in [-0.2, 0) is 18.3 Å². The largest absolute Gasteiger partial charge is 0.356 e. The first-order valence-electron chi connectivity index (χ1n) is 8.73. The fraction of sp³-hybridized carbons (Fsp3) is 0.368. The van der Waals surface area contributed by atoms with Crippen LogP contribution in [0.2, 0.25) is 0 Å². The van der Waals surface area contributed by atoms with E-state index < -0.39 is 0 Å². The number of nitrogens with zero attached hydrogens (tertiary/aromatic N) is 2. The van der Waals surface area contributed by atoms with Crippen molar-refractivity contribution in [2.75, 3.05) is 12.3 Å². The number of carbonyl (C=O) groups excluding carboxylic acids is 2. The van der Waals surface area contributed by atoms with Crippen LogP contribution in [0, 0.1) is 13.8 Å². The quantitative estimate of drug-likeness (QED) is 0.350. The van der Waals surface area contributed by atoms with Crippen molar-refractivity contribution < 1.29 is 9.59 Å².